The average molecular weight is 268 g/mol. The van der Waals surface area contributed by atoms with E-state index in [0.717, 1.165) is 36.6 Å². The molecule has 0 amide bonds. The smallest absolute Gasteiger partial charge is 0.0893 e. The second-order valence-corrected chi connectivity index (χ2v) is 5.53. The molecule has 4 heteroatoms. The van der Waals surface area contributed by atoms with Crippen LogP contribution in [0.1, 0.15) is 30.9 Å². The zero-order valence-electron chi connectivity index (χ0n) is 10.2. The zero-order valence-corrected chi connectivity index (χ0v) is 11.0. The van der Waals surface area contributed by atoms with Crippen LogP contribution in [0.5, 0.6) is 0 Å². The van der Waals surface area contributed by atoms with E-state index < -0.39 is 0 Å². The number of fused-ring (bicyclic) bond motifs is 3. The van der Waals surface area contributed by atoms with E-state index in [0.29, 0.717) is 12.0 Å². The molecule has 98 valence electrons. The third-order valence-corrected chi connectivity index (χ3v) is 4.22. The van der Waals surface area contributed by atoms with Gasteiger partial charge in [-0.15, -0.1) is 0 Å². The second kappa shape index (κ2) is 5.08. The third-order valence-electron chi connectivity index (χ3n) is 3.99. The first-order valence-electron chi connectivity index (χ1n) is 6.58. The highest BCUT2D eigenvalue weighted by Gasteiger charge is 2.40. The van der Waals surface area contributed by atoms with Gasteiger partial charge in [0, 0.05) is 41.4 Å². The van der Waals surface area contributed by atoms with Crippen LogP contribution in [0.25, 0.3) is 0 Å². The van der Waals surface area contributed by atoms with Crippen LogP contribution in [0.2, 0.25) is 5.02 Å². The van der Waals surface area contributed by atoms with Gasteiger partial charge in [0.2, 0.25) is 0 Å². The number of aliphatic hydroxyl groups excluding tert-OH is 1. The van der Waals surface area contributed by atoms with Crippen molar-refractivity contribution in [1.82, 2.24) is 0 Å². The molecule has 1 aromatic rings. The largest absolute Gasteiger partial charge is 0.396 e. The van der Waals surface area contributed by atoms with Gasteiger partial charge in [-0.2, -0.15) is 0 Å². The molecule has 2 heterocycles. The monoisotopic (exact) mass is 267 g/mol. The van der Waals surface area contributed by atoms with Crippen LogP contribution >= 0.6 is 11.6 Å². The highest BCUT2D eigenvalue weighted by molar-refractivity contribution is 6.30. The summed E-state index contributed by atoms with van der Waals surface area (Å²) in [5.74, 6) is 0.502. The van der Waals surface area contributed by atoms with Gasteiger partial charge < -0.3 is 15.2 Å². The van der Waals surface area contributed by atoms with Crippen LogP contribution in [-0.4, -0.2) is 24.4 Å². The Bertz CT molecular complexity index is 438. The molecule has 1 saturated heterocycles. The molecular weight excluding hydrogens is 250 g/mol. The summed E-state index contributed by atoms with van der Waals surface area (Å²) in [6.07, 6.45) is 3.08. The average Bonchev–Trinajstić information content (AvgIpc) is 2.86. The number of nitrogens with one attached hydrogen (secondary N) is 1. The minimum absolute atomic E-state index is 0.170. The van der Waals surface area contributed by atoms with Crippen molar-refractivity contribution >= 4 is 17.3 Å². The summed E-state index contributed by atoms with van der Waals surface area (Å²) in [5, 5.41) is 13.3. The second-order valence-electron chi connectivity index (χ2n) is 5.09. The number of rotatable bonds is 3. The molecule has 0 aliphatic carbocycles. The molecule has 0 bridgehead atoms. The number of ether oxygens (including phenoxy) is 1. The number of halogens is 1. The van der Waals surface area contributed by atoms with Gasteiger partial charge >= 0.3 is 0 Å². The Kier molecular flexibility index (Phi) is 3.46. The van der Waals surface area contributed by atoms with Crippen molar-refractivity contribution in [3.05, 3.63) is 28.8 Å². The summed E-state index contributed by atoms with van der Waals surface area (Å²) in [4.78, 5) is 0. The predicted octanol–water partition coefficient (Wildman–Crippen LogP) is 2.98. The standard InChI is InChI=1S/C14H18ClNO2/c15-9-3-4-13-11(8-9)14-10(5-7-18-14)12(16-13)2-1-6-17/h3-4,8,10,12,14,16-17H,1-2,5-7H2/t10-,12-,14+/m0/s1. The summed E-state index contributed by atoms with van der Waals surface area (Å²) in [6.45, 7) is 1.07. The molecule has 2 aliphatic rings. The Hall–Kier alpha value is -0.770. The maximum absolute atomic E-state index is 8.99. The van der Waals surface area contributed by atoms with E-state index >= 15 is 0 Å². The van der Waals surface area contributed by atoms with Crippen LogP contribution in [0.15, 0.2) is 18.2 Å². The van der Waals surface area contributed by atoms with Gasteiger partial charge in [-0.3, -0.25) is 0 Å². The first-order chi connectivity index (χ1) is 8.79. The molecule has 0 spiro atoms. The number of aliphatic hydroxyl groups is 1. The van der Waals surface area contributed by atoms with Crippen molar-refractivity contribution in [1.29, 1.82) is 0 Å². The zero-order chi connectivity index (χ0) is 12.5. The summed E-state index contributed by atoms with van der Waals surface area (Å²) >= 11 is 6.07. The first-order valence-corrected chi connectivity index (χ1v) is 6.96. The van der Waals surface area contributed by atoms with E-state index in [1.54, 1.807) is 0 Å². The van der Waals surface area contributed by atoms with Gasteiger partial charge in [-0.25, -0.2) is 0 Å². The van der Waals surface area contributed by atoms with Crippen molar-refractivity contribution < 1.29 is 9.84 Å². The maximum Gasteiger partial charge on any atom is 0.0893 e. The van der Waals surface area contributed by atoms with E-state index in [1.165, 1.54) is 5.56 Å². The summed E-state index contributed by atoms with van der Waals surface area (Å²) in [6, 6.07) is 6.35. The Morgan fingerprint density at radius 2 is 2.33 bits per heavy atom. The van der Waals surface area contributed by atoms with E-state index in [9.17, 15) is 0 Å². The molecule has 1 aromatic carbocycles. The normalized spacial score (nSPS) is 29.6. The van der Waals surface area contributed by atoms with E-state index in [1.807, 2.05) is 18.2 Å². The molecule has 0 aromatic heterocycles. The topological polar surface area (TPSA) is 41.5 Å². The summed E-state index contributed by atoms with van der Waals surface area (Å²) in [7, 11) is 0. The fourth-order valence-electron chi connectivity index (χ4n) is 3.14. The van der Waals surface area contributed by atoms with Crippen molar-refractivity contribution in [2.24, 2.45) is 5.92 Å². The van der Waals surface area contributed by atoms with E-state index in [4.69, 9.17) is 21.4 Å². The number of benzene rings is 1. The Labute approximate surface area is 112 Å². The molecule has 0 radical (unpaired) electrons. The van der Waals surface area contributed by atoms with Crippen molar-refractivity contribution in [2.75, 3.05) is 18.5 Å². The van der Waals surface area contributed by atoms with Crippen LogP contribution in [-0.2, 0) is 4.74 Å². The van der Waals surface area contributed by atoms with Crippen molar-refractivity contribution in [3.63, 3.8) is 0 Å². The lowest BCUT2D eigenvalue weighted by atomic mass is 9.82. The molecule has 0 saturated carbocycles. The van der Waals surface area contributed by atoms with Crippen LogP contribution in [0.3, 0.4) is 0 Å². The molecule has 3 rings (SSSR count). The van der Waals surface area contributed by atoms with Gasteiger partial charge in [-0.05, 0) is 37.5 Å². The van der Waals surface area contributed by atoms with Gasteiger partial charge in [0.05, 0.1) is 6.10 Å². The number of hydrogen-bond acceptors (Lipinski definition) is 3. The highest BCUT2D eigenvalue weighted by atomic mass is 35.5. The lowest BCUT2D eigenvalue weighted by Crippen LogP contribution is -2.36. The first kappa shape index (κ1) is 12.3. The van der Waals surface area contributed by atoms with Crippen molar-refractivity contribution in [2.45, 2.75) is 31.4 Å². The van der Waals surface area contributed by atoms with Gasteiger partial charge in [0.25, 0.3) is 0 Å². The van der Waals surface area contributed by atoms with Gasteiger partial charge in [0.15, 0.2) is 0 Å². The van der Waals surface area contributed by atoms with Gasteiger partial charge in [0.1, 0.15) is 0 Å². The third kappa shape index (κ3) is 2.11. The molecule has 2 aliphatic heterocycles. The maximum atomic E-state index is 8.99. The predicted molar refractivity (Wildman–Crippen MR) is 72.0 cm³/mol. The molecule has 2 N–H and O–H groups in total. The summed E-state index contributed by atoms with van der Waals surface area (Å²) in [5.41, 5.74) is 2.32. The lowest BCUT2D eigenvalue weighted by Gasteiger charge is -2.36. The highest BCUT2D eigenvalue weighted by Crippen LogP contribution is 2.46. The lowest BCUT2D eigenvalue weighted by molar-refractivity contribution is 0.0813. The minimum Gasteiger partial charge on any atom is -0.396 e. The Morgan fingerprint density at radius 3 is 3.17 bits per heavy atom. The Morgan fingerprint density at radius 1 is 1.44 bits per heavy atom. The molecule has 0 unspecified atom stereocenters. The number of hydrogen-bond donors (Lipinski definition) is 2. The molecule has 1 fully saturated rings. The molecular formula is C14H18ClNO2. The van der Waals surface area contributed by atoms with Crippen LogP contribution in [0, 0.1) is 5.92 Å². The molecule has 18 heavy (non-hydrogen) atoms. The SMILES string of the molecule is OCCC[C@@H]1Nc2ccc(Cl)cc2[C@@H]2OCC[C@@H]12. The minimum atomic E-state index is 0.170. The fraction of sp³-hybridized carbons (Fsp3) is 0.571. The van der Waals surface area contributed by atoms with E-state index in [-0.39, 0.29) is 12.7 Å². The number of anilines is 1. The van der Waals surface area contributed by atoms with Crippen LogP contribution < -0.4 is 5.32 Å². The molecule has 3 nitrogen and oxygen atoms in total. The fourth-order valence-corrected chi connectivity index (χ4v) is 3.32. The van der Waals surface area contributed by atoms with Crippen LogP contribution in [0.4, 0.5) is 5.69 Å². The molecule has 3 atom stereocenters. The van der Waals surface area contributed by atoms with Gasteiger partial charge in [-0.1, -0.05) is 11.6 Å². The van der Waals surface area contributed by atoms with Crippen molar-refractivity contribution in [3.8, 4) is 0 Å². The Balaban J connectivity index is 1.89. The van der Waals surface area contributed by atoms with E-state index in [2.05, 4.69) is 5.32 Å². The quantitative estimate of drug-likeness (QED) is 0.885. The summed E-state index contributed by atoms with van der Waals surface area (Å²) < 4.78 is 5.89.